The minimum atomic E-state index is -3.21. The van der Waals surface area contributed by atoms with Crippen molar-refractivity contribution in [2.45, 2.75) is 19.9 Å². The van der Waals surface area contributed by atoms with Crippen LogP contribution in [0.5, 0.6) is 5.75 Å². The van der Waals surface area contributed by atoms with Gasteiger partial charge in [0.2, 0.25) is 0 Å². The fourth-order valence-corrected chi connectivity index (χ4v) is 2.87. The number of hydrogen-bond donors (Lipinski definition) is 0. The van der Waals surface area contributed by atoms with Crippen molar-refractivity contribution in [1.29, 1.82) is 5.26 Å². The van der Waals surface area contributed by atoms with Gasteiger partial charge < -0.3 is 4.74 Å². The normalized spacial score (nSPS) is 10.9. The number of alkyl halides is 2. The van der Waals surface area contributed by atoms with Crippen LogP contribution >= 0.6 is 11.6 Å². The highest BCUT2D eigenvalue weighted by Crippen LogP contribution is 2.27. The van der Waals surface area contributed by atoms with E-state index < -0.39 is 12.4 Å². The van der Waals surface area contributed by atoms with E-state index in [1.165, 1.54) is 12.1 Å². The van der Waals surface area contributed by atoms with Crippen LogP contribution in [0.15, 0.2) is 36.4 Å². The molecule has 0 bridgehead atoms. The fraction of sp³-hybridized carbons (Fsp3) is 0.167. The molecule has 0 N–H and O–H groups in total. The molecule has 132 valence electrons. The van der Waals surface area contributed by atoms with Crippen LogP contribution in [0.2, 0.25) is 5.02 Å². The molecule has 0 fully saturated rings. The van der Waals surface area contributed by atoms with E-state index in [2.05, 4.69) is 15.9 Å². The molecule has 3 aromatic rings. The third-order valence-corrected chi connectivity index (χ3v) is 4.21. The van der Waals surface area contributed by atoms with Crippen LogP contribution in [0.25, 0.3) is 10.9 Å². The van der Waals surface area contributed by atoms with Crippen LogP contribution in [0.1, 0.15) is 16.8 Å². The van der Waals surface area contributed by atoms with E-state index in [0.29, 0.717) is 27.4 Å². The van der Waals surface area contributed by atoms with Crippen molar-refractivity contribution in [2.24, 2.45) is 0 Å². The standard InChI is InChI=1S/C18H12ClF2N3O2/c1-10-13-6-5-12(26-18(25)17(20)21)7-16(13)24(23-10)9-14-11(8-22)3-2-4-15(14)19/h2-7,17H,9H2,1H3. The van der Waals surface area contributed by atoms with E-state index >= 15 is 0 Å². The number of carbonyl (C=O) groups is 1. The Balaban J connectivity index is 2.04. The first kappa shape index (κ1) is 17.8. The second kappa shape index (κ2) is 7.10. The number of carbonyl (C=O) groups excluding carboxylic acids is 1. The van der Waals surface area contributed by atoms with Crippen LogP contribution in [0.3, 0.4) is 0 Å². The Bertz CT molecular complexity index is 1040. The number of fused-ring (bicyclic) bond motifs is 1. The second-order valence-electron chi connectivity index (χ2n) is 5.52. The van der Waals surface area contributed by atoms with Crippen LogP contribution in [0.4, 0.5) is 8.78 Å². The van der Waals surface area contributed by atoms with E-state index in [4.69, 9.17) is 11.6 Å². The molecular weight excluding hydrogens is 364 g/mol. The number of aromatic nitrogens is 2. The number of ether oxygens (including phenoxy) is 1. The molecule has 0 amide bonds. The molecule has 1 heterocycles. The van der Waals surface area contributed by atoms with Gasteiger partial charge in [-0.2, -0.15) is 19.1 Å². The number of aryl methyl sites for hydroxylation is 1. The van der Waals surface area contributed by atoms with Gasteiger partial charge in [-0.25, -0.2) is 4.79 Å². The Kier molecular flexibility index (Phi) is 4.87. The molecule has 2 aromatic carbocycles. The molecule has 3 rings (SSSR count). The average molecular weight is 376 g/mol. The Hall–Kier alpha value is -2.98. The third-order valence-electron chi connectivity index (χ3n) is 3.85. The number of esters is 1. The molecule has 8 heteroatoms. The molecule has 0 saturated carbocycles. The summed E-state index contributed by atoms with van der Waals surface area (Å²) in [5.41, 5.74) is 2.29. The summed E-state index contributed by atoms with van der Waals surface area (Å²) in [4.78, 5) is 11.1. The summed E-state index contributed by atoms with van der Waals surface area (Å²) in [7, 11) is 0. The summed E-state index contributed by atoms with van der Waals surface area (Å²) in [6.45, 7) is 2.00. The van der Waals surface area contributed by atoms with Gasteiger partial charge in [-0.1, -0.05) is 17.7 Å². The van der Waals surface area contributed by atoms with E-state index in [-0.39, 0.29) is 12.3 Å². The number of halogens is 3. The number of hydrogen-bond acceptors (Lipinski definition) is 4. The first-order valence-electron chi connectivity index (χ1n) is 7.55. The Morgan fingerprint density at radius 3 is 2.85 bits per heavy atom. The third kappa shape index (κ3) is 3.37. The lowest BCUT2D eigenvalue weighted by Crippen LogP contribution is -2.17. The predicted octanol–water partition coefficient (Wildman–Crippen LogP) is 4.09. The lowest BCUT2D eigenvalue weighted by Gasteiger charge is -2.09. The maximum Gasteiger partial charge on any atom is 0.379 e. The van der Waals surface area contributed by atoms with Crippen molar-refractivity contribution in [3.8, 4) is 11.8 Å². The molecule has 0 aliphatic heterocycles. The van der Waals surface area contributed by atoms with E-state index in [1.54, 1.807) is 35.9 Å². The molecule has 0 unspecified atom stereocenters. The summed E-state index contributed by atoms with van der Waals surface area (Å²) >= 11 is 6.21. The van der Waals surface area contributed by atoms with E-state index in [9.17, 15) is 18.8 Å². The van der Waals surface area contributed by atoms with Crippen molar-refractivity contribution < 1.29 is 18.3 Å². The molecule has 26 heavy (non-hydrogen) atoms. The lowest BCUT2D eigenvalue weighted by atomic mass is 10.1. The monoisotopic (exact) mass is 375 g/mol. The maximum absolute atomic E-state index is 12.4. The molecule has 0 aliphatic rings. The number of nitrogens with zero attached hydrogens (tertiary/aromatic N) is 3. The van der Waals surface area contributed by atoms with Gasteiger partial charge in [-0.3, -0.25) is 4.68 Å². The van der Waals surface area contributed by atoms with Gasteiger partial charge in [-0.05, 0) is 31.2 Å². The van der Waals surface area contributed by atoms with Gasteiger partial charge in [0.1, 0.15) is 5.75 Å². The quantitative estimate of drug-likeness (QED) is 0.509. The highest BCUT2D eigenvalue weighted by Gasteiger charge is 2.19. The minimum Gasteiger partial charge on any atom is -0.422 e. The van der Waals surface area contributed by atoms with Gasteiger partial charge in [-0.15, -0.1) is 0 Å². The lowest BCUT2D eigenvalue weighted by molar-refractivity contribution is -0.146. The topological polar surface area (TPSA) is 67.9 Å². The number of nitriles is 1. The average Bonchev–Trinajstić information content (AvgIpc) is 2.92. The SMILES string of the molecule is Cc1nn(Cc2c(Cl)cccc2C#N)c2cc(OC(=O)C(F)F)ccc12. The van der Waals surface area contributed by atoms with Crippen molar-refractivity contribution in [3.05, 3.63) is 58.2 Å². The largest absolute Gasteiger partial charge is 0.422 e. The number of benzene rings is 2. The van der Waals surface area contributed by atoms with Crippen LogP contribution in [-0.2, 0) is 11.3 Å². The first-order valence-corrected chi connectivity index (χ1v) is 7.93. The highest BCUT2D eigenvalue weighted by molar-refractivity contribution is 6.31. The summed E-state index contributed by atoms with van der Waals surface area (Å²) in [6, 6.07) is 11.6. The zero-order valence-corrected chi connectivity index (χ0v) is 14.3. The summed E-state index contributed by atoms with van der Waals surface area (Å²) < 4.78 is 31.0. The van der Waals surface area contributed by atoms with Gasteiger partial charge in [0.15, 0.2) is 0 Å². The Morgan fingerprint density at radius 2 is 2.15 bits per heavy atom. The molecule has 0 spiro atoms. The highest BCUT2D eigenvalue weighted by atomic mass is 35.5. The van der Waals surface area contributed by atoms with Crippen LogP contribution in [0, 0.1) is 18.3 Å². The van der Waals surface area contributed by atoms with Crippen molar-refractivity contribution in [3.63, 3.8) is 0 Å². The van der Waals surface area contributed by atoms with Gasteiger partial charge >= 0.3 is 12.4 Å². The number of rotatable bonds is 4. The zero-order chi connectivity index (χ0) is 18.8. The molecule has 0 radical (unpaired) electrons. The summed E-state index contributed by atoms with van der Waals surface area (Å²) in [5.74, 6) is -1.63. The molecule has 0 saturated heterocycles. The molecule has 1 aromatic heterocycles. The Labute approximate surface area is 152 Å². The zero-order valence-electron chi connectivity index (χ0n) is 13.5. The Morgan fingerprint density at radius 1 is 1.38 bits per heavy atom. The first-order chi connectivity index (χ1) is 12.4. The molecule has 0 atom stereocenters. The van der Waals surface area contributed by atoms with E-state index in [0.717, 1.165) is 5.39 Å². The van der Waals surface area contributed by atoms with Gasteiger partial charge in [0, 0.05) is 22.0 Å². The minimum absolute atomic E-state index is 0.0105. The summed E-state index contributed by atoms with van der Waals surface area (Å²) in [6.07, 6.45) is -3.21. The van der Waals surface area contributed by atoms with Gasteiger partial charge in [0.25, 0.3) is 0 Å². The van der Waals surface area contributed by atoms with Gasteiger partial charge in [0.05, 0.1) is 29.4 Å². The van der Waals surface area contributed by atoms with E-state index in [1.807, 2.05) is 0 Å². The molecular formula is C18H12ClF2N3O2. The maximum atomic E-state index is 12.4. The summed E-state index contributed by atoms with van der Waals surface area (Å²) in [5, 5.41) is 14.9. The fourth-order valence-electron chi connectivity index (χ4n) is 2.64. The van der Waals surface area contributed by atoms with Crippen molar-refractivity contribution in [1.82, 2.24) is 9.78 Å². The predicted molar refractivity (Wildman–Crippen MR) is 91.4 cm³/mol. The van der Waals surface area contributed by atoms with Crippen molar-refractivity contribution >= 4 is 28.5 Å². The molecule has 0 aliphatic carbocycles. The smallest absolute Gasteiger partial charge is 0.379 e. The van der Waals surface area contributed by atoms with Crippen LogP contribution in [-0.4, -0.2) is 22.2 Å². The second-order valence-corrected chi connectivity index (χ2v) is 5.93. The van der Waals surface area contributed by atoms with Crippen molar-refractivity contribution in [2.75, 3.05) is 0 Å². The van der Waals surface area contributed by atoms with Crippen LogP contribution < -0.4 is 4.74 Å². The molecule has 5 nitrogen and oxygen atoms in total.